The van der Waals surface area contributed by atoms with Gasteiger partial charge in [-0.25, -0.2) is 4.39 Å². The zero-order valence-corrected chi connectivity index (χ0v) is 13.3. The van der Waals surface area contributed by atoms with Gasteiger partial charge < -0.3 is 10.2 Å². The number of nitrogens with one attached hydrogen (secondary N) is 1. The standard InChI is InChI=1S/C18H29FN2/c1-2-20-18(16-8-10-17(19)11-9-16)12-15-21-13-6-4-3-5-7-14-21/h8-11,18,20H,2-7,12-15H2,1H3. The van der Waals surface area contributed by atoms with Gasteiger partial charge in [0.25, 0.3) is 0 Å². The summed E-state index contributed by atoms with van der Waals surface area (Å²) in [5.74, 6) is -0.155. The number of rotatable bonds is 6. The Morgan fingerprint density at radius 2 is 1.67 bits per heavy atom. The summed E-state index contributed by atoms with van der Waals surface area (Å²) in [6, 6.07) is 7.29. The minimum atomic E-state index is -0.155. The molecule has 0 amide bonds. The van der Waals surface area contributed by atoms with E-state index >= 15 is 0 Å². The van der Waals surface area contributed by atoms with Crippen LogP contribution in [0.3, 0.4) is 0 Å². The van der Waals surface area contributed by atoms with Crippen molar-refractivity contribution in [1.29, 1.82) is 0 Å². The van der Waals surface area contributed by atoms with Gasteiger partial charge in [0.05, 0.1) is 0 Å². The van der Waals surface area contributed by atoms with Crippen LogP contribution in [-0.4, -0.2) is 31.1 Å². The van der Waals surface area contributed by atoms with Crippen molar-refractivity contribution in [1.82, 2.24) is 10.2 Å². The lowest BCUT2D eigenvalue weighted by Crippen LogP contribution is -2.32. The molecule has 0 aliphatic carbocycles. The molecule has 1 aliphatic rings. The summed E-state index contributed by atoms with van der Waals surface area (Å²) in [6.07, 6.45) is 7.93. The minimum absolute atomic E-state index is 0.155. The first-order valence-corrected chi connectivity index (χ1v) is 8.51. The van der Waals surface area contributed by atoms with Crippen molar-refractivity contribution in [3.05, 3.63) is 35.6 Å². The summed E-state index contributed by atoms with van der Waals surface area (Å²) in [5.41, 5.74) is 1.20. The van der Waals surface area contributed by atoms with Gasteiger partial charge in [-0.05, 0) is 63.1 Å². The van der Waals surface area contributed by atoms with Crippen LogP contribution in [0.4, 0.5) is 4.39 Å². The fraction of sp³-hybridized carbons (Fsp3) is 0.667. The third-order valence-electron chi connectivity index (χ3n) is 4.41. The molecule has 0 spiro atoms. The van der Waals surface area contributed by atoms with E-state index in [0.29, 0.717) is 6.04 Å². The Labute approximate surface area is 128 Å². The number of hydrogen-bond donors (Lipinski definition) is 1. The van der Waals surface area contributed by atoms with E-state index in [1.165, 1.54) is 50.8 Å². The van der Waals surface area contributed by atoms with E-state index in [0.717, 1.165) is 19.5 Å². The Bertz CT molecular complexity index is 383. The van der Waals surface area contributed by atoms with Crippen LogP contribution in [0.15, 0.2) is 24.3 Å². The molecule has 0 bridgehead atoms. The van der Waals surface area contributed by atoms with Crippen LogP contribution in [0.25, 0.3) is 0 Å². The van der Waals surface area contributed by atoms with Crippen LogP contribution >= 0.6 is 0 Å². The molecule has 1 N–H and O–H groups in total. The second-order valence-electron chi connectivity index (χ2n) is 6.06. The van der Waals surface area contributed by atoms with Gasteiger partial charge in [-0.3, -0.25) is 0 Å². The fourth-order valence-electron chi connectivity index (χ4n) is 3.18. The van der Waals surface area contributed by atoms with Gasteiger partial charge in [0, 0.05) is 6.04 Å². The Kier molecular flexibility index (Phi) is 7.17. The lowest BCUT2D eigenvalue weighted by atomic mass is 10.0. The van der Waals surface area contributed by atoms with E-state index in [2.05, 4.69) is 17.1 Å². The normalized spacial score (nSPS) is 19.0. The molecular formula is C18H29FN2. The Hall–Kier alpha value is -0.930. The molecule has 1 aromatic rings. The summed E-state index contributed by atoms with van der Waals surface area (Å²) in [7, 11) is 0. The summed E-state index contributed by atoms with van der Waals surface area (Å²) in [4.78, 5) is 2.60. The lowest BCUT2D eigenvalue weighted by molar-refractivity contribution is 0.234. The quantitative estimate of drug-likeness (QED) is 0.848. The predicted octanol–water partition coefficient (Wildman–Crippen LogP) is 4.13. The maximum atomic E-state index is 13.1. The molecule has 0 aromatic heterocycles. The molecule has 21 heavy (non-hydrogen) atoms. The van der Waals surface area contributed by atoms with E-state index in [-0.39, 0.29) is 5.82 Å². The molecule has 1 unspecified atom stereocenters. The minimum Gasteiger partial charge on any atom is -0.310 e. The zero-order valence-electron chi connectivity index (χ0n) is 13.3. The third kappa shape index (κ3) is 5.76. The van der Waals surface area contributed by atoms with Gasteiger partial charge in [-0.2, -0.15) is 0 Å². The molecule has 1 atom stereocenters. The first-order valence-electron chi connectivity index (χ1n) is 8.51. The van der Waals surface area contributed by atoms with Crippen molar-refractivity contribution in [2.45, 2.75) is 51.5 Å². The molecule has 1 aliphatic heterocycles. The van der Waals surface area contributed by atoms with Crippen molar-refractivity contribution < 1.29 is 4.39 Å². The maximum Gasteiger partial charge on any atom is 0.123 e. The van der Waals surface area contributed by atoms with Crippen LogP contribution < -0.4 is 5.32 Å². The van der Waals surface area contributed by atoms with Crippen molar-refractivity contribution in [3.8, 4) is 0 Å². The highest BCUT2D eigenvalue weighted by atomic mass is 19.1. The highest BCUT2D eigenvalue weighted by Gasteiger charge is 2.14. The molecule has 0 saturated carbocycles. The smallest absolute Gasteiger partial charge is 0.123 e. The number of hydrogen-bond acceptors (Lipinski definition) is 2. The van der Waals surface area contributed by atoms with Crippen molar-refractivity contribution >= 4 is 0 Å². The van der Waals surface area contributed by atoms with Crippen molar-refractivity contribution in [2.24, 2.45) is 0 Å². The summed E-state index contributed by atoms with van der Waals surface area (Å²) < 4.78 is 13.1. The molecule has 1 fully saturated rings. The fourth-order valence-corrected chi connectivity index (χ4v) is 3.18. The van der Waals surface area contributed by atoms with Gasteiger partial charge in [0.15, 0.2) is 0 Å². The van der Waals surface area contributed by atoms with Crippen molar-refractivity contribution in [3.63, 3.8) is 0 Å². The number of nitrogens with zero attached hydrogens (tertiary/aromatic N) is 1. The van der Waals surface area contributed by atoms with Crippen molar-refractivity contribution in [2.75, 3.05) is 26.2 Å². The number of likely N-dealkylation sites (tertiary alicyclic amines) is 1. The predicted molar refractivity (Wildman–Crippen MR) is 87.0 cm³/mol. The second-order valence-corrected chi connectivity index (χ2v) is 6.06. The lowest BCUT2D eigenvalue weighted by Gasteiger charge is -2.27. The van der Waals surface area contributed by atoms with E-state index in [1.807, 2.05) is 12.1 Å². The molecule has 1 heterocycles. The van der Waals surface area contributed by atoms with E-state index in [4.69, 9.17) is 0 Å². The van der Waals surface area contributed by atoms with E-state index < -0.39 is 0 Å². The molecule has 1 saturated heterocycles. The summed E-state index contributed by atoms with van der Waals surface area (Å²) in [5, 5.41) is 3.54. The third-order valence-corrected chi connectivity index (χ3v) is 4.41. The highest BCUT2D eigenvalue weighted by molar-refractivity contribution is 5.19. The van der Waals surface area contributed by atoms with Gasteiger partial charge >= 0.3 is 0 Å². The average Bonchev–Trinajstić information content (AvgIpc) is 2.46. The number of benzene rings is 1. The maximum absolute atomic E-state index is 13.1. The average molecular weight is 292 g/mol. The van der Waals surface area contributed by atoms with Gasteiger partial charge in [-0.1, -0.05) is 38.3 Å². The summed E-state index contributed by atoms with van der Waals surface area (Å²) >= 11 is 0. The van der Waals surface area contributed by atoms with Gasteiger partial charge in [0.1, 0.15) is 5.82 Å². The van der Waals surface area contributed by atoms with E-state index in [9.17, 15) is 4.39 Å². The first-order chi connectivity index (χ1) is 10.3. The first kappa shape index (κ1) is 16.4. The summed E-state index contributed by atoms with van der Waals surface area (Å²) in [6.45, 7) is 6.69. The largest absolute Gasteiger partial charge is 0.310 e. The van der Waals surface area contributed by atoms with Crippen LogP contribution in [0.2, 0.25) is 0 Å². The van der Waals surface area contributed by atoms with Crippen LogP contribution in [0.1, 0.15) is 57.1 Å². The van der Waals surface area contributed by atoms with Crippen LogP contribution in [0.5, 0.6) is 0 Å². The van der Waals surface area contributed by atoms with Crippen LogP contribution in [0, 0.1) is 5.82 Å². The number of halogens is 1. The van der Waals surface area contributed by atoms with Crippen LogP contribution in [-0.2, 0) is 0 Å². The second kappa shape index (κ2) is 9.16. The molecule has 2 nitrogen and oxygen atoms in total. The molecule has 1 aromatic carbocycles. The Morgan fingerprint density at radius 3 is 2.29 bits per heavy atom. The molecule has 2 rings (SSSR count). The van der Waals surface area contributed by atoms with E-state index in [1.54, 1.807) is 12.1 Å². The highest BCUT2D eigenvalue weighted by Crippen LogP contribution is 2.19. The monoisotopic (exact) mass is 292 g/mol. The molecular weight excluding hydrogens is 263 g/mol. The molecule has 118 valence electrons. The Morgan fingerprint density at radius 1 is 1.05 bits per heavy atom. The molecule has 0 radical (unpaired) electrons. The Balaban J connectivity index is 1.88. The topological polar surface area (TPSA) is 15.3 Å². The SMILES string of the molecule is CCNC(CCN1CCCCCCC1)c1ccc(F)cc1. The van der Waals surface area contributed by atoms with Gasteiger partial charge in [0.2, 0.25) is 0 Å². The molecule has 3 heteroatoms. The van der Waals surface area contributed by atoms with Gasteiger partial charge in [-0.15, -0.1) is 0 Å². The zero-order chi connectivity index (χ0) is 14.9.